The third-order valence-electron chi connectivity index (χ3n) is 5.23. The average molecular weight is 382 g/mol. The molecule has 3 aromatic rings. The van der Waals surface area contributed by atoms with E-state index in [2.05, 4.69) is 10.3 Å². The van der Waals surface area contributed by atoms with Crippen molar-refractivity contribution in [3.8, 4) is 17.2 Å². The summed E-state index contributed by atoms with van der Waals surface area (Å²) in [6.07, 6.45) is 0.523. The maximum atomic E-state index is 12.3. The minimum Gasteiger partial charge on any atom is -0.502 e. The maximum Gasteiger partial charge on any atom is 0.323 e. The Morgan fingerprint density at radius 3 is 2.43 bits per heavy atom. The van der Waals surface area contributed by atoms with E-state index in [1.165, 1.54) is 21.3 Å². The van der Waals surface area contributed by atoms with E-state index in [1.54, 1.807) is 12.1 Å². The van der Waals surface area contributed by atoms with Crippen LogP contribution < -0.4 is 14.8 Å². The van der Waals surface area contributed by atoms with Gasteiger partial charge in [-0.15, -0.1) is 0 Å². The van der Waals surface area contributed by atoms with Gasteiger partial charge in [-0.05, 0) is 29.3 Å². The zero-order valence-corrected chi connectivity index (χ0v) is 15.9. The number of carbonyl (C=O) groups is 1. The Hall–Kier alpha value is -3.19. The summed E-state index contributed by atoms with van der Waals surface area (Å²) in [7, 11) is 4.35. The van der Waals surface area contributed by atoms with Crippen molar-refractivity contribution in [3.05, 3.63) is 53.2 Å². The number of esters is 1. The van der Waals surface area contributed by atoms with E-state index < -0.39 is 6.04 Å². The van der Waals surface area contributed by atoms with E-state index in [0.29, 0.717) is 17.9 Å². The number of phenols is 1. The number of ether oxygens (including phenoxy) is 3. The number of carbonyl (C=O) groups excluding carboxylic acids is 1. The predicted octanol–water partition coefficient (Wildman–Crippen LogP) is 2.67. The van der Waals surface area contributed by atoms with E-state index in [-0.39, 0.29) is 17.8 Å². The lowest BCUT2D eigenvalue weighted by molar-refractivity contribution is -0.143. The van der Waals surface area contributed by atoms with E-state index in [4.69, 9.17) is 14.2 Å². The first-order valence-electron chi connectivity index (χ1n) is 8.95. The molecule has 2 unspecified atom stereocenters. The molecule has 146 valence electrons. The van der Waals surface area contributed by atoms with Crippen LogP contribution in [0.4, 0.5) is 0 Å². The Kier molecular flexibility index (Phi) is 4.60. The van der Waals surface area contributed by atoms with Gasteiger partial charge in [0, 0.05) is 23.0 Å². The topological polar surface area (TPSA) is 92.8 Å². The van der Waals surface area contributed by atoms with Gasteiger partial charge in [-0.2, -0.15) is 0 Å². The number of aromatic amines is 1. The predicted molar refractivity (Wildman–Crippen MR) is 104 cm³/mol. The molecule has 2 atom stereocenters. The number of fused-ring (bicyclic) bond motifs is 3. The zero-order valence-electron chi connectivity index (χ0n) is 15.9. The highest BCUT2D eigenvalue weighted by Crippen LogP contribution is 2.42. The Morgan fingerprint density at radius 1 is 1.11 bits per heavy atom. The second-order valence-electron chi connectivity index (χ2n) is 6.72. The van der Waals surface area contributed by atoms with E-state index in [1.807, 2.05) is 24.3 Å². The minimum absolute atomic E-state index is 0.0639. The summed E-state index contributed by atoms with van der Waals surface area (Å²) in [6, 6.07) is 10.7. The van der Waals surface area contributed by atoms with Gasteiger partial charge in [-0.25, -0.2) is 0 Å². The van der Waals surface area contributed by atoms with Crippen LogP contribution in [0.15, 0.2) is 36.4 Å². The maximum absolute atomic E-state index is 12.3. The number of benzene rings is 2. The lowest BCUT2D eigenvalue weighted by Crippen LogP contribution is -2.45. The van der Waals surface area contributed by atoms with Gasteiger partial charge < -0.3 is 24.3 Å². The number of hydrogen-bond donors (Lipinski definition) is 3. The summed E-state index contributed by atoms with van der Waals surface area (Å²) < 4.78 is 15.6. The lowest BCUT2D eigenvalue weighted by Gasteiger charge is -2.30. The molecule has 0 spiro atoms. The van der Waals surface area contributed by atoms with Crippen molar-refractivity contribution in [1.29, 1.82) is 0 Å². The van der Waals surface area contributed by atoms with Gasteiger partial charge >= 0.3 is 5.97 Å². The van der Waals surface area contributed by atoms with Crippen LogP contribution in [0.1, 0.15) is 22.9 Å². The first-order chi connectivity index (χ1) is 13.6. The van der Waals surface area contributed by atoms with Crippen LogP contribution in [0.5, 0.6) is 17.2 Å². The third-order valence-corrected chi connectivity index (χ3v) is 5.23. The minimum atomic E-state index is -0.493. The molecule has 7 heteroatoms. The fourth-order valence-corrected chi connectivity index (χ4v) is 3.87. The van der Waals surface area contributed by atoms with Gasteiger partial charge in [-0.3, -0.25) is 10.1 Å². The Bertz CT molecular complexity index is 1020. The highest BCUT2D eigenvalue weighted by atomic mass is 16.5. The molecular weight excluding hydrogens is 360 g/mol. The van der Waals surface area contributed by atoms with Gasteiger partial charge in [0.15, 0.2) is 11.5 Å². The van der Waals surface area contributed by atoms with E-state index >= 15 is 0 Å². The summed E-state index contributed by atoms with van der Waals surface area (Å²) in [6.45, 7) is 0. The molecule has 0 saturated carbocycles. The van der Waals surface area contributed by atoms with Crippen LogP contribution in [-0.2, 0) is 16.0 Å². The third kappa shape index (κ3) is 2.84. The summed E-state index contributed by atoms with van der Waals surface area (Å²) in [5.74, 6) is 0.215. The van der Waals surface area contributed by atoms with Crippen LogP contribution >= 0.6 is 0 Å². The van der Waals surface area contributed by atoms with E-state index in [0.717, 1.165) is 27.7 Å². The van der Waals surface area contributed by atoms with Crippen LogP contribution in [-0.4, -0.2) is 43.4 Å². The van der Waals surface area contributed by atoms with Gasteiger partial charge in [-0.1, -0.05) is 18.2 Å². The van der Waals surface area contributed by atoms with Crippen molar-refractivity contribution < 1.29 is 24.1 Å². The quantitative estimate of drug-likeness (QED) is 0.601. The number of nitrogens with one attached hydrogen (secondary N) is 2. The molecule has 3 N–H and O–H groups in total. The van der Waals surface area contributed by atoms with Crippen molar-refractivity contribution >= 4 is 16.9 Å². The largest absolute Gasteiger partial charge is 0.502 e. The molecule has 0 saturated heterocycles. The van der Waals surface area contributed by atoms with E-state index in [9.17, 15) is 9.90 Å². The number of para-hydroxylation sites is 1. The van der Waals surface area contributed by atoms with Crippen LogP contribution in [0.3, 0.4) is 0 Å². The Labute approximate surface area is 162 Å². The van der Waals surface area contributed by atoms with Crippen molar-refractivity contribution in [2.45, 2.75) is 18.5 Å². The molecule has 28 heavy (non-hydrogen) atoms. The highest BCUT2D eigenvalue weighted by Gasteiger charge is 2.35. The van der Waals surface area contributed by atoms with Gasteiger partial charge in [0.1, 0.15) is 6.04 Å². The zero-order chi connectivity index (χ0) is 19.8. The van der Waals surface area contributed by atoms with Crippen molar-refractivity contribution in [3.63, 3.8) is 0 Å². The number of aromatic hydroxyl groups is 1. The number of methoxy groups -OCH3 is 3. The molecule has 7 nitrogen and oxygen atoms in total. The number of phenolic OH excluding ortho intramolecular Hbond substituents is 1. The molecule has 1 aliphatic heterocycles. The molecule has 1 aliphatic rings. The summed E-state index contributed by atoms with van der Waals surface area (Å²) >= 11 is 0. The van der Waals surface area contributed by atoms with Gasteiger partial charge in [0.2, 0.25) is 5.75 Å². The SMILES string of the molecule is COC(=O)C1Cc2c([nH]c3ccccc23)C(c2cc(OC)c(O)c(OC)c2)N1. The van der Waals surface area contributed by atoms with Crippen molar-refractivity contribution in [2.24, 2.45) is 0 Å². The first kappa shape index (κ1) is 18.2. The van der Waals surface area contributed by atoms with Crippen molar-refractivity contribution in [2.75, 3.05) is 21.3 Å². The summed E-state index contributed by atoms with van der Waals surface area (Å²) in [5, 5.41) is 14.7. The molecule has 1 aromatic heterocycles. The number of rotatable bonds is 4. The molecule has 0 fully saturated rings. The fourth-order valence-electron chi connectivity index (χ4n) is 3.87. The van der Waals surface area contributed by atoms with Gasteiger partial charge in [0.05, 0.1) is 27.4 Å². The summed E-state index contributed by atoms with van der Waals surface area (Å²) in [5.41, 5.74) is 3.84. The molecule has 0 bridgehead atoms. The highest BCUT2D eigenvalue weighted by molar-refractivity contribution is 5.87. The average Bonchev–Trinajstić information content (AvgIpc) is 3.11. The molecule has 4 rings (SSSR count). The standard InChI is InChI=1S/C21H22N2O5/c1-26-16-8-11(9-17(27-2)20(16)24)18-19-13(10-15(23-18)21(25)28-3)12-6-4-5-7-14(12)22-19/h4-9,15,18,22-24H,10H2,1-3H3. The van der Waals surface area contributed by atoms with Crippen molar-refractivity contribution in [1.82, 2.24) is 10.3 Å². The smallest absolute Gasteiger partial charge is 0.323 e. The first-order valence-corrected chi connectivity index (χ1v) is 8.95. The van der Waals surface area contributed by atoms with Gasteiger partial charge in [0.25, 0.3) is 0 Å². The lowest BCUT2D eigenvalue weighted by atomic mass is 9.90. The van der Waals surface area contributed by atoms with Crippen LogP contribution in [0.25, 0.3) is 10.9 Å². The second kappa shape index (κ2) is 7.09. The molecule has 2 heterocycles. The molecule has 0 amide bonds. The molecule has 0 aliphatic carbocycles. The fraction of sp³-hybridized carbons (Fsp3) is 0.286. The number of aromatic nitrogens is 1. The Morgan fingerprint density at radius 2 is 1.79 bits per heavy atom. The number of H-pyrrole nitrogens is 1. The monoisotopic (exact) mass is 382 g/mol. The normalized spacial score (nSPS) is 18.5. The summed E-state index contributed by atoms with van der Waals surface area (Å²) in [4.78, 5) is 15.8. The number of hydrogen-bond acceptors (Lipinski definition) is 6. The molecule has 2 aromatic carbocycles. The molecule has 0 radical (unpaired) electrons. The Balaban J connectivity index is 1.90. The van der Waals surface area contributed by atoms with Crippen LogP contribution in [0.2, 0.25) is 0 Å². The van der Waals surface area contributed by atoms with Crippen LogP contribution in [0, 0.1) is 0 Å². The molecular formula is C21H22N2O5. The second-order valence-corrected chi connectivity index (χ2v) is 6.72.